The van der Waals surface area contributed by atoms with E-state index in [1.165, 1.54) is 0 Å². The molecule has 0 unspecified atom stereocenters. The van der Waals surface area contributed by atoms with Crippen LogP contribution in [0.15, 0.2) is 52.1 Å². The van der Waals surface area contributed by atoms with Crippen molar-refractivity contribution in [3.8, 4) is 5.75 Å². The summed E-state index contributed by atoms with van der Waals surface area (Å²) in [4.78, 5) is 4.37. The number of rotatable bonds is 4. The summed E-state index contributed by atoms with van der Waals surface area (Å²) < 4.78 is 11.0. The van der Waals surface area contributed by atoms with E-state index >= 15 is 0 Å². The molecule has 0 saturated heterocycles. The standard InChI is InChI=1S/C13H14NO2Si/c1-17(2)16-13-8-4-3-7-12(13)14-10-11-6-5-9-15-11/h3-10H,1-2H3. The Morgan fingerprint density at radius 3 is 2.65 bits per heavy atom. The minimum atomic E-state index is -0.778. The van der Waals surface area contributed by atoms with Crippen molar-refractivity contribution in [1.82, 2.24) is 0 Å². The molecular formula is C13H14NO2Si. The Bertz CT molecular complexity index is 492. The molecule has 0 atom stereocenters. The van der Waals surface area contributed by atoms with Crippen LogP contribution in [0.2, 0.25) is 13.1 Å². The van der Waals surface area contributed by atoms with Gasteiger partial charge in [-0.1, -0.05) is 12.1 Å². The van der Waals surface area contributed by atoms with E-state index in [1.54, 1.807) is 12.5 Å². The molecule has 17 heavy (non-hydrogen) atoms. The van der Waals surface area contributed by atoms with Crippen molar-refractivity contribution in [2.75, 3.05) is 0 Å². The van der Waals surface area contributed by atoms with E-state index in [-0.39, 0.29) is 0 Å². The van der Waals surface area contributed by atoms with Gasteiger partial charge >= 0.3 is 0 Å². The predicted octanol–water partition coefficient (Wildman–Crippen LogP) is 3.66. The molecule has 1 aromatic heterocycles. The van der Waals surface area contributed by atoms with Gasteiger partial charge in [-0.25, -0.2) is 4.99 Å². The maximum Gasteiger partial charge on any atom is 0.274 e. The first-order chi connectivity index (χ1) is 8.25. The summed E-state index contributed by atoms with van der Waals surface area (Å²) in [5.41, 5.74) is 0.829. The lowest BCUT2D eigenvalue weighted by Gasteiger charge is -2.10. The molecule has 0 saturated carbocycles. The van der Waals surface area contributed by atoms with E-state index in [4.69, 9.17) is 8.84 Å². The van der Waals surface area contributed by atoms with Gasteiger partial charge in [0.05, 0.1) is 12.5 Å². The van der Waals surface area contributed by atoms with Gasteiger partial charge in [0.2, 0.25) is 0 Å². The molecular weight excluding hydrogens is 230 g/mol. The second-order valence-corrected chi connectivity index (χ2v) is 5.77. The van der Waals surface area contributed by atoms with Gasteiger partial charge in [-0.15, -0.1) is 0 Å². The van der Waals surface area contributed by atoms with Crippen molar-refractivity contribution in [3.05, 3.63) is 48.4 Å². The Kier molecular flexibility index (Phi) is 3.77. The highest BCUT2D eigenvalue weighted by Crippen LogP contribution is 2.27. The Hall–Kier alpha value is -1.81. The molecule has 0 N–H and O–H groups in total. The van der Waals surface area contributed by atoms with Crippen molar-refractivity contribution in [1.29, 1.82) is 0 Å². The normalized spacial score (nSPS) is 11.2. The van der Waals surface area contributed by atoms with Gasteiger partial charge in [0.25, 0.3) is 9.04 Å². The molecule has 0 fully saturated rings. The largest absolute Gasteiger partial charge is 0.541 e. The summed E-state index contributed by atoms with van der Waals surface area (Å²) in [6, 6.07) is 11.5. The molecule has 2 aromatic rings. The number of hydrogen-bond acceptors (Lipinski definition) is 3. The van der Waals surface area contributed by atoms with Crippen LogP contribution in [0.5, 0.6) is 5.75 Å². The highest BCUT2D eigenvalue weighted by Gasteiger charge is 2.04. The molecule has 1 radical (unpaired) electrons. The minimum Gasteiger partial charge on any atom is -0.541 e. The predicted molar refractivity (Wildman–Crippen MR) is 70.5 cm³/mol. The summed E-state index contributed by atoms with van der Waals surface area (Å²) in [6.07, 6.45) is 3.32. The molecule has 0 aliphatic rings. The fraction of sp³-hybridized carbons (Fsp3) is 0.154. The Morgan fingerprint density at radius 1 is 1.18 bits per heavy atom. The van der Waals surface area contributed by atoms with E-state index in [1.807, 2.05) is 36.4 Å². The number of hydrogen-bond donors (Lipinski definition) is 0. The lowest BCUT2D eigenvalue weighted by atomic mass is 10.3. The lowest BCUT2D eigenvalue weighted by molar-refractivity contribution is 0.560. The zero-order valence-electron chi connectivity index (χ0n) is 9.88. The van der Waals surface area contributed by atoms with Gasteiger partial charge in [-0.2, -0.15) is 0 Å². The van der Waals surface area contributed by atoms with Crippen LogP contribution in [-0.4, -0.2) is 15.3 Å². The zero-order valence-corrected chi connectivity index (χ0v) is 10.9. The Morgan fingerprint density at radius 2 is 2.00 bits per heavy atom. The molecule has 4 heteroatoms. The SMILES string of the molecule is C[Si](C)Oc1ccccc1N=Cc1ccco1. The van der Waals surface area contributed by atoms with E-state index < -0.39 is 9.04 Å². The van der Waals surface area contributed by atoms with Crippen molar-refractivity contribution in [2.45, 2.75) is 13.1 Å². The third-order valence-electron chi connectivity index (χ3n) is 2.05. The molecule has 0 aliphatic heterocycles. The molecule has 0 bridgehead atoms. The first-order valence-electron chi connectivity index (χ1n) is 5.40. The van der Waals surface area contributed by atoms with Crippen LogP contribution in [0, 0.1) is 0 Å². The Balaban J connectivity index is 2.20. The fourth-order valence-corrected chi connectivity index (χ4v) is 1.98. The van der Waals surface area contributed by atoms with Crippen molar-refractivity contribution < 1.29 is 8.84 Å². The van der Waals surface area contributed by atoms with Crippen molar-refractivity contribution in [3.63, 3.8) is 0 Å². The van der Waals surface area contributed by atoms with Crippen molar-refractivity contribution in [2.24, 2.45) is 4.99 Å². The second-order valence-electron chi connectivity index (χ2n) is 3.75. The average molecular weight is 244 g/mol. The number of benzene rings is 1. The molecule has 87 valence electrons. The number of aliphatic imine (C=N–C) groups is 1. The lowest BCUT2D eigenvalue weighted by Crippen LogP contribution is -2.11. The average Bonchev–Trinajstić information content (AvgIpc) is 2.80. The summed E-state index contributed by atoms with van der Waals surface area (Å²) in [7, 11) is -0.778. The van der Waals surface area contributed by atoms with Gasteiger partial charge in [-0.05, 0) is 37.4 Å². The van der Waals surface area contributed by atoms with Crippen LogP contribution in [0.3, 0.4) is 0 Å². The first kappa shape index (κ1) is 11.7. The topological polar surface area (TPSA) is 34.7 Å². The monoisotopic (exact) mass is 244 g/mol. The van der Waals surface area contributed by atoms with Crippen LogP contribution in [-0.2, 0) is 0 Å². The Labute approximate surface area is 102 Å². The van der Waals surface area contributed by atoms with Crippen LogP contribution < -0.4 is 4.43 Å². The molecule has 3 nitrogen and oxygen atoms in total. The molecule has 2 rings (SSSR count). The van der Waals surface area contributed by atoms with Gasteiger partial charge in [0.15, 0.2) is 0 Å². The quantitative estimate of drug-likeness (QED) is 0.607. The van der Waals surface area contributed by atoms with E-state index in [0.717, 1.165) is 17.2 Å². The number of para-hydroxylation sites is 2. The highest BCUT2D eigenvalue weighted by molar-refractivity contribution is 6.49. The third-order valence-corrected chi connectivity index (χ3v) is 2.68. The minimum absolute atomic E-state index is 0.735. The summed E-state index contributed by atoms with van der Waals surface area (Å²) >= 11 is 0. The smallest absolute Gasteiger partial charge is 0.274 e. The summed E-state index contributed by atoms with van der Waals surface area (Å²) in [6.45, 7) is 4.19. The maximum atomic E-state index is 5.77. The third kappa shape index (κ3) is 3.32. The van der Waals surface area contributed by atoms with E-state index in [9.17, 15) is 0 Å². The van der Waals surface area contributed by atoms with Gasteiger partial charge in [0, 0.05) is 0 Å². The number of nitrogens with zero attached hydrogens (tertiary/aromatic N) is 1. The van der Waals surface area contributed by atoms with Crippen LogP contribution >= 0.6 is 0 Å². The zero-order chi connectivity index (χ0) is 12.1. The maximum absolute atomic E-state index is 5.77. The van der Waals surface area contributed by atoms with Gasteiger partial charge < -0.3 is 8.84 Å². The molecule has 1 aromatic carbocycles. The van der Waals surface area contributed by atoms with Crippen LogP contribution in [0.25, 0.3) is 0 Å². The number of furan rings is 1. The highest BCUT2D eigenvalue weighted by atomic mass is 28.3. The van der Waals surface area contributed by atoms with E-state index in [0.29, 0.717) is 0 Å². The van der Waals surface area contributed by atoms with Crippen LogP contribution in [0.1, 0.15) is 5.76 Å². The molecule has 0 amide bonds. The van der Waals surface area contributed by atoms with Gasteiger partial charge in [0.1, 0.15) is 17.2 Å². The summed E-state index contributed by atoms with van der Waals surface area (Å²) in [5.74, 6) is 1.56. The first-order valence-corrected chi connectivity index (χ1v) is 7.81. The van der Waals surface area contributed by atoms with Crippen molar-refractivity contribution >= 4 is 20.9 Å². The fourth-order valence-electron chi connectivity index (χ4n) is 1.37. The van der Waals surface area contributed by atoms with Gasteiger partial charge in [-0.3, -0.25) is 0 Å². The molecule has 0 spiro atoms. The molecule has 0 aliphatic carbocycles. The van der Waals surface area contributed by atoms with Crippen LogP contribution in [0.4, 0.5) is 5.69 Å². The second kappa shape index (κ2) is 5.50. The summed E-state index contributed by atoms with van der Waals surface area (Å²) in [5, 5.41) is 0. The molecule has 1 heterocycles. The van der Waals surface area contributed by atoms with E-state index in [2.05, 4.69) is 18.1 Å².